The zero-order valence-corrected chi connectivity index (χ0v) is 17.6. The minimum Gasteiger partial charge on any atom is -0.458 e. The minimum absolute atomic E-state index is 0.0103. The first-order valence-electron chi connectivity index (χ1n) is 9.88. The summed E-state index contributed by atoms with van der Waals surface area (Å²) in [7, 11) is 0. The standard InChI is InChI=1S/C26H22O6/c1-18(2)16-30-26(29)23-15-20(24(27)32-21-11-7-4-8-12-21)13-14-22(23)25(28)31-17-19-9-5-3-6-10-19/h3-15H,1,16-17H2,2H3. The maximum atomic E-state index is 12.7. The molecule has 32 heavy (non-hydrogen) atoms. The second-order valence-electron chi connectivity index (χ2n) is 7.06. The van der Waals surface area contributed by atoms with Crippen LogP contribution in [0.15, 0.2) is 91.0 Å². The van der Waals surface area contributed by atoms with Crippen LogP contribution < -0.4 is 4.74 Å². The lowest BCUT2D eigenvalue weighted by molar-refractivity contribution is 0.0448. The van der Waals surface area contributed by atoms with E-state index in [-0.39, 0.29) is 29.9 Å². The Kier molecular flexibility index (Phi) is 7.54. The quantitative estimate of drug-likeness (QED) is 0.284. The van der Waals surface area contributed by atoms with E-state index in [2.05, 4.69) is 6.58 Å². The van der Waals surface area contributed by atoms with E-state index in [1.54, 1.807) is 37.3 Å². The Morgan fingerprint density at radius 1 is 0.750 bits per heavy atom. The van der Waals surface area contributed by atoms with Gasteiger partial charge in [0.15, 0.2) is 0 Å². The fourth-order valence-electron chi connectivity index (χ4n) is 2.74. The van der Waals surface area contributed by atoms with Crippen LogP contribution >= 0.6 is 0 Å². The Hall–Kier alpha value is -4.19. The number of hydrogen-bond donors (Lipinski definition) is 0. The summed E-state index contributed by atoms with van der Waals surface area (Å²) in [6, 6.07) is 21.7. The molecule has 0 aliphatic carbocycles. The highest BCUT2D eigenvalue weighted by molar-refractivity contribution is 6.05. The molecule has 6 heteroatoms. The maximum absolute atomic E-state index is 12.7. The van der Waals surface area contributed by atoms with Gasteiger partial charge in [-0.05, 0) is 48.4 Å². The fourth-order valence-corrected chi connectivity index (χ4v) is 2.74. The van der Waals surface area contributed by atoms with E-state index in [1.807, 2.05) is 30.3 Å². The van der Waals surface area contributed by atoms with E-state index in [0.29, 0.717) is 11.3 Å². The van der Waals surface area contributed by atoms with E-state index >= 15 is 0 Å². The van der Waals surface area contributed by atoms with E-state index in [4.69, 9.17) is 14.2 Å². The Labute approximate surface area is 186 Å². The number of rotatable bonds is 8. The van der Waals surface area contributed by atoms with Gasteiger partial charge >= 0.3 is 17.9 Å². The van der Waals surface area contributed by atoms with Gasteiger partial charge in [0, 0.05) is 0 Å². The number of benzene rings is 3. The molecule has 0 bridgehead atoms. The Balaban J connectivity index is 1.84. The predicted molar refractivity (Wildman–Crippen MR) is 119 cm³/mol. The van der Waals surface area contributed by atoms with Crippen LogP contribution in [0.2, 0.25) is 0 Å². The third kappa shape index (κ3) is 6.15. The lowest BCUT2D eigenvalue weighted by atomic mass is 10.0. The van der Waals surface area contributed by atoms with Crippen molar-refractivity contribution in [1.29, 1.82) is 0 Å². The molecule has 0 aliphatic heterocycles. The van der Waals surface area contributed by atoms with Crippen LogP contribution in [-0.4, -0.2) is 24.5 Å². The zero-order valence-electron chi connectivity index (χ0n) is 17.6. The maximum Gasteiger partial charge on any atom is 0.343 e. The Morgan fingerprint density at radius 2 is 1.38 bits per heavy atom. The van der Waals surface area contributed by atoms with Crippen molar-refractivity contribution in [2.75, 3.05) is 6.61 Å². The molecule has 0 N–H and O–H groups in total. The first kappa shape index (κ1) is 22.5. The molecule has 6 nitrogen and oxygen atoms in total. The van der Waals surface area contributed by atoms with Gasteiger partial charge < -0.3 is 14.2 Å². The molecule has 0 amide bonds. The third-order valence-electron chi connectivity index (χ3n) is 4.31. The summed E-state index contributed by atoms with van der Waals surface area (Å²) in [5.74, 6) is -1.79. The summed E-state index contributed by atoms with van der Waals surface area (Å²) in [5, 5.41) is 0. The number of hydrogen-bond acceptors (Lipinski definition) is 6. The molecular weight excluding hydrogens is 408 g/mol. The molecule has 3 aromatic carbocycles. The third-order valence-corrected chi connectivity index (χ3v) is 4.31. The van der Waals surface area contributed by atoms with Gasteiger partial charge in [0.2, 0.25) is 0 Å². The summed E-state index contributed by atoms with van der Waals surface area (Å²) < 4.78 is 15.9. The fraction of sp³-hybridized carbons (Fsp3) is 0.115. The molecule has 0 fully saturated rings. The monoisotopic (exact) mass is 430 g/mol. The lowest BCUT2D eigenvalue weighted by Crippen LogP contribution is -2.17. The molecular formula is C26H22O6. The van der Waals surface area contributed by atoms with Crippen LogP contribution in [0.1, 0.15) is 43.6 Å². The highest BCUT2D eigenvalue weighted by Gasteiger charge is 2.23. The Morgan fingerprint density at radius 3 is 2.03 bits per heavy atom. The summed E-state index contributed by atoms with van der Waals surface area (Å²) in [6.45, 7) is 5.42. The molecule has 162 valence electrons. The summed E-state index contributed by atoms with van der Waals surface area (Å²) in [4.78, 5) is 37.9. The molecule has 0 aliphatic rings. The van der Waals surface area contributed by atoms with Gasteiger partial charge in [-0.3, -0.25) is 0 Å². The van der Waals surface area contributed by atoms with Crippen LogP contribution in [0.3, 0.4) is 0 Å². The average Bonchev–Trinajstić information content (AvgIpc) is 2.81. The van der Waals surface area contributed by atoms with Gasteiger partial charge in [-0.2, -0.15) is 0 Å². The smallest absolute Gasteiger partial charge is 0.343 e. The summed E-state index contributed by atoms with van der Waals surface area (Å²) in [6.07, 6.45) is 0. The van der Waals surface area contributed by atoms with E-state index in [9.17, 15) is 14.4 Å². The van der Waals surface area contributed by atoms with Gasteiger partial charge in [-0.25, -0.2) is 14.4 Å². The minimum atomic E-state index is -0.769. The molecule has 3 aromatic rings. The summed E-state index contributed by atoms with van der Waals surface area (Å²) >= 11 is 0. The van der Waals surface area contributed by atoms with Crippen molar-refractivity contribution in [2.24, 2.45) is 0 Å². The molecule has 0 atom stereocenters. The van der Waals surface area contributed by atoms with E-state index < -0.39 is 17.9 Å². The van der Waals surface area contributed by atoms with Crippen molar-refractivity contribution >= 4 is 17.9 Å². The van der Waals surface area contributed by atoms with Gasteiger partial charge in [-0.1, -0.05) is 55.1 Å². The predicted octanol–water partition coefficient (Wildman–Crippen LogP) is 5.00. The molecule has 0 heterocycles. The van der Waals surface area contributed by atoms with Crippen LogP contribution in [0.4, 0.5) is 0 Å². The van der Waals surface area contributed by atoms with Crippen molar-refractivity contribution in [2.45, 2.75) is 13.5 Å². The van der Waals surface area contributed by atoms with Gasteiger partial charge in [0.05, 0.1) is 16.7 Å². The van der Waals surface area contributed by atoms with Crippen LogP contribution in [0.25, 0.3) is 0 Å². The number of carbonyl (C=O) groups is 3. The first-order chi connectivity index (χ1) is 15.4. The van der Waals surface area contributed by atoms with Crippen LogP contribution in [-0.2, 0) is 16.1 Å². The van der Waals surface area contributed by atoms with Gasteiger partial charge in [-0.15, -0.1) is 0 Å². The van der Waals surface area contributed by atoms with Crippen LogP contribution in [0, 0.1) is 0 Å². The zero-order chi connectivity index (χ0) is 22.9. The molecule has 3 rings (SSSR count). The van der Waals surface area contributed by atoms with Crippen molar-refractivity contribution in [3.05, 3.63) is 113 Å². The van der Waals surface area contributed by atoms with Crippen LogP contribution in [0.5, 0.6) is 5.75 Å². The second-order valence-corrected chi connectivity index (χ2v) is 7.06. The SMILES string of the molecule is C=C(C)COC(=O)c1cc(C(=O)Oc2ccccc2)ccc1C(=O)OCc1ccccc1. The van der Waals surface area contributed by atoms with E-state index in [1.165, 1.54) is 18.2 Å². The average molecular weight is 430 g/mol. The normalized spacial score (nSPS) is 10.2. The molecule has 0 unspecified atom stereocenters. The lowest BCUT2D eigenvalue weighted by Gasteiger charge is -2.12. The van der Waals surface area contributed by atoms with Crippen molar-refractivity contribution in [1.82, 2.24) is 0 Å². The second kappa shape index (κ2) is 10.7. The number of para-hydroxylation sites is 1. The largest absolute Gasteiger partial charge is 0.458 e. The Bertz CT molecular complexity index is 1120. The van der Waals surface area contributed by atoms with E-state index in [0.717, 1.165) is 5.56 Å². The van der Waals surface area contributed by atoms with Gasteiger partial charge in [0.25, 0.3) is 0 Å². The molecule has 0 spiro atoms. The topological polar surface area (TPSA) is 78.9 Å². The molecule has 0 saturated carbocycles. The van der Waals surface area contributed by atoms with Crippen molar-refractivity contribution in [3.8, 4) is 5.75 Å². The number of carbonyl (C=O) groups excluding carboxylic acids is 3. The van der Waals surface area contributed by atoms with Crippen molar-refractivity contribution < 1.29 is 28.6 Å². The number of esters is 3. The van der Waals surface area contributed by atoms with Gasteiger partial charge in [0.1, 0.15) is 19.0 Å². The molecule has 0 saturated heterocycles. The molecule has 0 radical (unpaired) electrons. The van der Waals surface area contributed by atoms with Crippen molar-refractivity contribution in [3.63, 3.8) is 0 Å². The highest BCUT2D eigenvalue weighted by Crippen LogP contribution is 2.19. The number of ether oxygens (including phenoxy) is 3. The first-order valence-corrected chi connectivity index (χ1v) is 9.88. The summed E-state index contributed by atoms with van der Waals surface area (Å²) in [5.41, 5.74) is 1.42. The highest BCUT2D eigenvalue weighted by atomic mass is 16.5. The molecule has 0 aromatic heterocycles.